The van der Waals surface area contributed by atoms with E-state index >= 15 is 0 Å². The Morgan fingerprint density at radius 2 is 2.00 bits per heavy atom. The maximum absolute atomic E-state index is 11.8. The Bertz CT molecular complexity index is 171. The third-order valence-corrected chi connectivity index (χ3v) is 2.85. The van der Waals surface area contributed by atoms with E-state index in [1.54, 1.807) is 0 Å². The quantitative estimate of drug-likeness (QED) is 0.648. The van der Waals surface area contributed by atoms with Crippen LogP contribution in [0.4, 0.5) is 0 Å². The lowest BCUT2D eigenvalue weighted by atomic mass is 9.98. The van der Waals surface area contributed by atoms with Gasteiger partial charge in [0.25, 0.3) is 0 Å². The Balaban J connectivity index is 3.82. The molecule has 3 nitrogen and oxygen atoms in total. The number of hydrogen-bond donors (Lipinski definition) is 2. The molecule has 2 unspecified atom stereocenters. The van der Waals surface area contributed by atoms with E-state index in [2.05, 4.69) is 31.4 Å². The Morgan fingerprint density at radius 3 is 2.47 bits per heavy atom. The highest BCUT2D eigenvalue weighted by Crippen LogP contribution is 2.12. The minimum atomic E-state index is 0.203. The maximum atomic E-state index is 11.8. The smallest absolute Gasteiger partial charge is 0.223 e. The highest BCUT2D eigenvalue weighted by Gasteiger charge is 2.15. The van der Waals surface area contributed by atoms with Gasteiger partial charge in [-0.1, -0.05) is 26.7 Å². The highest BCUT2D eigenvalue weighted by molar-refractivity contribution is 5.78. The van der Waals surface area contributed by atoms with Gasteiger partial charge in [-0.2, -0.15) is 0 Å². The molecule has 3 heteroatoms. The summed E-state index contributed by atoms with van der Waals surface area (Å²) in [7, 11) is 1.91. The highest BCUT2D eigenvalue weighted by atomic mass is 16.1. The Labute approximate surface area is 94.0 Å². The molecule has 1 amide bonds. The van der Waals surface area contributed by atoms with Crippen molar-refractivity contribution in [2.75, 3.05) is 13.6 Å². The molecule has 2 atom stereocenters. The van der Waals surface area contributed by atoms with Gasteiger partial charge in [-0.3, -0.25) is 4.79 Å². The average Bonchev–Trinajstić information content (AvgIpc) is 2.26. The van der Waals surface area contributed by atoms with Crippen molar-refractivity contribution < 1.29 is 4.79 Å². The Kier molecular flexibility index (Phi) is 8.38. The van der Waals surface area contributed by atoms with E-state index in [0.29, 0.717) is 6.04 Å². The van der Waals surface area contributed by atoms with Gasteiger partial charge in [0.2, 0.25) is 5.91 Å². The molecule has 0 aliphatic rings. The summed E-state index contributed by atoms with van der Waals surface area (Å²) in [6.07, 6.45) is 4.27. The minimum absolute atomic E-state index is 0.203. The Hall–Kier alpha value is -0.570. The largest absolute Gasteiger partial charge is 0.354 e. The topological polar surface area (TPSA) is 41.1 Å². The van der Waals surface area contributed by atoms with Gasteiger partial charge in [0, 0.05) is 18.5 Å². The van der Waals surface area contributed by atoms with Gasteiger partial charge in [0.1, 0.15) is 0 Å². The summed E-state index contributed by atoms with van der Waals surface area (Å²) in [5.74, 6) is 0.419. The zero-order chi connectivity index (χ0) is 11.7. The molecular formula is C12H26N2O. The monoisotopic (exact) mass is 214 g/mol. The fraction of sp³-hybridized carbons (Fsp3) is 0.917. The van der Waals surface area contributed by atoms with Crippen LogP contribution in [0, 0.1) is 5.92 Å². The standard InChI is InChI=1S/C12H26N2O/c1-5-7-8-11(6-2)12(15)14-9-10(3)13-4/h10-11,13H,5-9H2,1-4H3,(H,14,15). The predicted octanol–water partition coefficient (Wildman–Crippen LogP) is 1.93. The van der Waals surface area contributed by atoms with Gasteiger partial charge >= 0.3 is 0 Å². The first kappa shape index (κ1) is 14.4. The van der Waals surface area contributed by atoms with Crippen LogP contribution in [0.15, 0.2) is 0 Å². The lowest BCUT2D eigenvalue weighted by Crippen LogP contribution is -2.39. The summed E-state index contributed by atoms with van der Waals surface area (Å²) in [6.45, 7) is 7.03. The lowest BCUT2D eigenvalue weighted by molar-refractivity contribution is -0.125. The van der Waals surface area contributed by atoms with Gasteiger partial charge < -0.3 is 10.6 Å². The number of rotatable bonds is 8. The van der Waals surface area contributed by atoms with Crippen LogP contribution in [0.25, 0.3) is 0 Å². The lowest BCUT2D eigenvalue weighted by Gasteiger charge is -2.17. The van der Waals surface area contributed by atoms with E-state index in [0.717, 1.165) is 32.2 Å². The summed E-state index contributed by atoms with van der Waals surface area (Å²) in [5.41, 5.74) is 0. The molecule has 2 N–H and O–H groups in total. The van der Waals surface area contributed by atoms with Crippen molar-refractivity contribution >= 4 is 5.91 Å². The van der Waals surface area contributed by atoms with E-state index in [1.165, 1.54) is 0 Å². The second kappa shape index (κ2) is 8.72. The molecular weight excluding hydrogens is 188 g/mol. The number of nitrogens with one attached hydrogen (secondary N) is 2. The Morgan fingerprint density at radius 1 is 1.33 bits per heavy atom. The summed E-state index contributed by atoms with van der Waals surface area (Å²) in [5, 5.41) is 6.10. The number of hydrogen-bond acceptors (Lipinski definition) is 2. The third-order valence-electron chi connectivity index (χ3n) is 2.85. The molecule has 0 saturated carbocycles. The van der Waals surface area contributed by atoms with Crippen molar-refractivity contribution in [1.82, 2.24) is 10.6 Å². The first-order chi connectivity index (χ1) is 7.15. The molecule has 0 aromatic rings. The summed E-state index contributed by atoms with van der Waals surface area (Å²) in [4.78, 5) is 11.8. The second-order valence-corrected chi connectivity index (χ2v) is 4.18. The minimum Gasteiger partial charge on any atom is -0.354 e. The summed E-state index contributed by atoms with van der Waals surface area (Å²) < 4.78 is 0. The van der Waals surface area contributed by atoms with Crippen LogP contribution in [0.5, 0.6) is 0 Å². The molecule has 0 heterocycles. The van der Waals surface area contributed by atoms with Crippen molar-refractivity contribution in [1.29, 1.82) is 0 Å². The van der Waals surface area contributed by atoms with E-state index < -0.39 is 0 Å². The van der Waals surface area contributed by atoms with Gasteiger partial charge in [0.05, 0.1) is 0 Å². The zero-order valence-corrected chi connectivity index (χ0v) is 10.6. The number of likely N-dealkylation sites (N-methyl/N-ethyl adjacent to an activating group) is 1. The predicted molar refractivity (Wildman–Crippen MR) is 64.8 cm³/mol. The normalized spacial score (nSPS) is 14.7. The summed E-state index contributed by atoms with van der Waals surface area (Å²) in [6, 6.07) is 0.345. The third kappa shape index (κ3) is 6.50. The fourth-order valence-corrected chi connectivity index (χ4v) is 1.47. The molecule has 0 spiro atoms. The van der Waals surface area contributed by atoms with E-state index in [4.69, 9.17) is 0 Å². The van der Waals surface area contributed by atoms with E-state index in [9.17, 15) is 4.79 Å². The molecule has 0 saturated heterocycles. The molecule has 0 aliphatic carbocycles. The van der Waals surface area contributed by atoms with Crippen LogP contribution in [-0.2, 0) is 4.79 Å². The second-order valence-electron chi connectivity index (χ2n) is 4.18. The molecule has 0 aromatic heterocycles. The number of unbranched alkanes of at least 4 members (excludes halogenated alkanes) is 1. The molecule has 0 fully saturated rings. The van der Waals surface area contributed by atoms with Crippen molar-refractivity contribution in [2.45, 2.75) is 52.5 Å². The molecule has 0 radical (unpaired) electrons. The number of amides is 1. The van der Waals surface area contributed by atoms with Gasteiger partial charge in [0.15, 0.2) is 0 Å². The van der Waals surface area contributed by atoms with Crippen LogP contribution >= 0.6 is 0 Å². The van der Waals surface area contributed by atoms with Crippen LogP contribution < -0.4 is 10.6 Å². The SMILES string of the molecule is CCCCC(CC)C(=O)NCC(C)NC. The zero-order valence-electron chi connectivity index (χ0n) is 10.6. The van der Waals surface area contributed by atoms with Crippen LogP contribution in [0.2, 0.25) is 0 Å². The van der Waals surface area contributed by atoms with E-state index in [1.807, 2.05) is 7.05 Å². The van der Waals surface area contributed by atoms with Crippen molar-refractivity contribution in [3.63, 3.8) is 0 Å². The molecule has 0 aliphatic heterocycles. The van der Waals surface area contributed by atoms with Gasteiger partial charge in [-0.25, -0.2) is 0 Å². The first-order valence-electron chi connectivity index (χ1n) is 6.10. The summed E-state index contributed by atoms with van der Waals surface area (Å²) >= 11 is 0. The average molecular weight is 214 g/mol. The van der Waals surface area contributed by atoms with E-state index in [-0.39, 0.29) is 11.8 Å². The molecule has 0 aromatic carbocycles. The molecule has 0 bridgehead atoms. The number of carbonyl (C=O) groups excluding carboxylic acids is 1. The van der Waals surface area contributed by atoms with Crippen LogP contribution in [0.1, 0.15) is 46.5 Å². The molecule has 15 heavy (non-hydrogen) atoms. The maximum Gasteiger partial charge on any atom is 0.223 e. The van der Waals surface area contributed by atoms with Crippen molar-refractivity contribution in [3.05, 3.63) is 0 Å². The molecule has 90 valence electrons. The number of carbonyl (C=O) groups is 1. The van der Waals surface area contributed by atoms with Gasteiger partial charge in [-0.15, -0.1) is 0 Å². The van der Waals surface area contributed by atoms with Crippen LogP contribution in [0.3, 0.4) is 0 Å². The fourth-order valence-electron chi connectivity index (χ4n) is 1.47. The van der Waals surface area contributed by atoms with Crippen molar-refractivity contribution in [3.8, 4) is 0 Å². The van der Waals surface area contributed by atoms with Crippen LogP contribution in [-0.4, -0.2) is 25.5 Å². The molecule has 0 rings (SSSR count). The first-order valence-corrected chi connectivity index (χ1v) is 6.10. The van der Waals surface area contributed by atoms with Gasteiger partial charge in [-0.05, 0) is 26.8 Å². The van der Waals surface area contributed by atoms with Crippen molar-refractivity contribution in [2.24, 2.45) is 5.92 Å².